The van der Waals surface area contributed by atoms with Crippen LogP contribution in [0.5, 0.6) is 0 Å². The Balaban J connectivity index is -0.000000237. The maximum Gasteiger partial charge on any atom is 2.00 e. The Bertz CT molecular complexity index is 484. The largest absolute Gasteiger partial charge is 2.00 e. The van der Waals surface area contributed by atoms with Crippen LogP contribution >= 0.6 is 0 Å². The van der Waals surface area contributed by atoms with Gasteiger partial charge in [0.2, 0.25) is 0 Å². The molecule has 2 aromatic heterocycles. The van der Waals surface area contributed by atoms with Crippen LogP contribution in [0.2, 0.25) is 0 Å². The predicted molar refractivity (Wildman–Crippen MR) is 69.8 cm³/mol. The SMILES string of the molecule is Cc1cc(C)[nH]n1.Cc1cc(C)[nH]n1.O.O=C([O-])C(=O)[O-].[Cu+2]. The second-order valence-electron chi connectivity index (χ2n) is 3.96. The maximum atomic E-state index is 8.93. The van der Waals surface area contributed by atoms with E-state index in [-0.39, 0.29) is 22.5 Å². The van der Waals surface area contributed by atoms with Crippen molar-refractivity contribution in [3.63, 3.8) is 0 Å². The van der Waals surface area contributed by atoms with Crippen LogP contribution in [0.1, 0.15) is 22.8 Å². The summed E-state index contributed by atoms with van der Waals surface area (Å²) in [6.07, 6.45) is 0. The molecular weight excluding hydrogens is 344 g/mol. The molecule has 0 saturated carbocycles. The molecule has 2 aromatic rings. The molecule has 0 amide bonds. The van der Waals surface area contributed by atoms with Gasteiger partial charge in [-0.25, -0.2) is 0 Å². The number of carboxylic acids is 2. The van der Waals surface area contributed by atoms with Crippen molar-refractivity contribution < 1.29 is 42.3 Å². The molecule has 1 radical (unpaired) electrons. The minimum atomic E-state index is -2.19. The first kappa shape index (κ1) is 24.8. The van der Waals surface area contributed by atoms with E-state index in [1.165, 1.54) is 0 Å². The summed E-state index contributed by atoms with van der Waals surface area (Å²) >= 11 is 0. The molecule has 0 aliphatic carbocycles. The first-order valence-corrected chi connectivity index (χ1v) is 5.62. The first-order chi connectivity index (χ1) is 9.22. The Morgan fingerprint density at radius 2 is 1.14 bits per heavy atom. The zero-order chi connectivity index (χ0) is 15.7. The zero-order valence-corrected chi connectivity index (χ0v) is 13.4. The van der Waals surface area contributed by atoms with E-state index in [1.54, 1.807) is 0 Å². The number of aliphatic carboxylic acids is 2. The molecule has 10 heteroatoms. The van der Waals surface area contributed by atoms with Crippen molar-refractivity contribution in [3.8, 4) is 0 Å². The van der Waals surface area contributed by atoms with Gasteiger partial charge in [-0.15, -0.1) is 0 Å². The smallest absolute Gasteiger partial charge is 0.543 e. The van der Waals surface area contributed by atoms with Gasteiger partial charge < -0.3 is 25.3 Å². The number of aryl methyl sites for hydroxylation is 4. The van der Waals surface area contributed by atoms with Gasteiger partial charge in [-0.3, -0.25) is 10.2 Å². The van der Waals surface area contributed by atoms with Crippen LogP contribution in [0.3, 0.4) is 0 Å². The number of H-pyrrole nitrogens is 2. The maximum absolute atomic E-state index is 8.93. The van der Waals surface area contributed by atoms with Crippen LogP contribution < -0.4 is 10.2 Å². The molecule has 0 atom stereocenters. The number of carboxylic acid groups (broad SMARTS) is 2. The number of hydrogen-bond donors (Lipinski definition) is 2. The number of aromatic nitrogens is 4. The monoisotopic (exact) mass is 361 g/mol. The Hall–Kier alpha value is -2.16. The Labute approximate surface area is 137 Å². The molecule has 0 unspecified atom stereocenters. The number of nitrogens with one attached hydrogen (secondary N) is 2. The average molecular weight is 362 g/mol. The molecule has 9 nitrogen and oxygen atoms in total. The summed E-state index contributed by atoms with van der Waals surface area (Å²) < 4.78 is 0. The van der Waals surface area contributed by atoms with Crippen molar-refractivity contribution in [1.29, 1.82) is 0 Å². The van der Waals surface area contributed by atoms with Crippen molar-refractivity contribution in [3.05, 3.63) is 34.9 Å². The Morgan fingerprint density at radius 3 is 1.18 bits per heavy atom. The number of hydrogen-bond acceptors (Lipinski definition) is 6. The molecule has 4 N–H and O–H groups in total. The third kappa shape index (κ3) is 12.9. The van der Waals surface area contributed by atoms with E-state index in [9.17, 15) is 0 Å². The van der Waals surface area contributed by atoms with Gasteiger partial charge in [0.05, 0.1) is 23.3 Å². The minimum Gasteiger partial charge on any atom is -0.543 e. The van der Waals surface area contributed by atoms with Crippen molar-refractivity contribution in [2.24, 2.45) is 0 Å². The first-order valence-electron chi connectivity index (χ1n) is 5.62. The van der Waals surface area contributed by atoms with E-state index in [0.29, 0.717) is 0 Å². The summed E-state index contributed by atoms with van der Waals surface area (Å²) in [6, 6.07) is 4.00. The third-order valence-corrected chi connectivity index (χ3v) is 1.83. The van der Waals surface area contributed by atoms with Crippen LogP contribution in [0.15, 0.2) is 12.1 Å². The second kappa shape index (κ2) is 12.6. The molecule has 0 bridgehead atoms. The van der Waals surface area contributed by atoms with Gasteiger partial charge in [-0.2, -0.15) is 10.2 Å². The Kier molecular flexibility index (Phi) is 14.2. The molecule has 0 aliphatic heterocycles. The van der Waals surface area contributed by atoms with E-state index in [4.69, 9.17) is 19.8 Å². The van der Waals surface area contributed by atoms with Crippen molar-refractivity contribution in [2.75, 3.05) is 0 Å². The fourth-order valence-electron chi connectivity index (χ4n) is 1.11. The topological polar surface area (TPSA) is 169 Å². The van der Waals surface area contributed by atoms with E-state index in [0.717, 1.165) is 22.8 Å². The molecule has 0 saturated heterocycles. The number of rotatable bonds is 0. The third-order valence-electron chi connectivity index (χ3n) is 1.83. The molecule has 0 fully saturated rings. The quantitative estimate of drug-likeness (QED) is 0.395. The van der Waals surface area contributed by atoms with Gasteiger partial charge in [0.25, 0.3) is 0 Å². The molecule has 22 heavy (non-hydrogen) atoms. The van der Waals surface area contributed by atoms with Gasteiger partial charge in [-0.05, 0) is 39.8 Å². The van der Waals surface area contributed by atoms with Crippen LogP contribution in [-0.4, -0.2) is 37.8 Å². The molecule has 2 heterocycles. The standard InChI is InChI=1S/2C5H8N2.C2H2O4.Cu.H2O/c2*1-4-3-5(2)7-6-4;3-1(4)2(5)6;;/h2*3H,1-2H3,(H,6,7);(H,3,4)(H,5,6);;1H2/q;;;+2;/p-2. The van der Waals surface area contributed by atoms with Crippen LogP contribution in [0, 0.1) is 27.7 Å². The summed E-state index contributed by atoms with van der Waals surface area (Å²) in [4.78, 5) is 17.9. The fourth-order valence-corrected chi connectivity index (χ4v) is 1.11. The van der Waals surface area contributed by atoms with Crippen molar-refractivity contribution in [2.45, 2.75) is 27.7 Å². The fraction of sp³-hybridized carbons (Fsp3) is 0.333. The summed E-state index contributed by atoms with van der Waals surface area (Å²) in [5.74, 6) is -4.37. The summed E-state index contributed by atoms with van der Waals surface area (Å²) in [5, 5.41) is 31.3. The summed E-state index contributed by atoms with van der Waals surface area (Å²) in [7, 11) is 0. The zero-order valence-electron chi connectivity index (χ0n) is 12.5. The Morgan fingerprint density at radius 1 is 0.864 bits per heavy atom. The van der Waals surface area contributed by atoms with Gasteiger partial charge in [-0.1, -0.05) is 0 Å². The summed E-state index contributed by atoms with van der Waals surface area (Å²) in [6.45, 7) is 7.90. The van der Waals surface area contributed by atoms with E-state index < -0.39 is 11.9 Å². The number of nitrogens with zero attached hydrogens (tertiary/aromatic N) is 2. The van der Waals surface area contributed by atoms with Crippen molar-refractivity contribution in [1.82, 2.24) is 20.4 Å². The minimum absolute atomic E-state index is 0. The predicted octanol–water partition coefficient (Wildman–Crippen LogP) is -2.29. The molecule has 0 spiro atoms. The number of carbonyl (C=O) groups is 2. The van der Waals surface area contributed by atoms with E-state index in [1.807, 2.05) is 39.8 Å². The molecule has 2 rings (SSSR count). The van der Waals surface area contributed by atoms with Gasteiger partial charge in [0.15, 0.2) is 0 Å². The van der Waals surface area contributed by atoms with E-state index >= 15 is 0 Å². The van der Waals surface area contributed by atoms with Crippen LogP contribution in [-0.2, 0) is 26.7 Å². The average Bonchev–Trinajstić information content (AvgIpc) is 2.89. The normalized spacial score (nSPS) is 8.00. The van der Waals surface area contributed by atoms with Gasteiger partial charge in [0.1, 0.15) is 0 Å². The van der Waals surface area contributed by atoms with Gasteiger partial charge in [0, 0.05) is 11.4 Å². The van der Waals surface area contributed by atoms with Gasteiger partial charge >= 0.3 is 17.1 Å². The van der Waals surface area contributed by atoms with E-state index in [2.05, 4.69) is 20.4 Å². The summed E-state index contributed by atoms with van der Waals surface area (Å²) in [5.41, 5.74) is 4.35. The van der Waals surface area contributed by atoms with Crippen molar-refractivity contribution >= 4 is 11.9 Å². The number of carbonyl (C=O) groups excluding carboxylic acids is 2. The number of aromatic amines is 2. The molecule has 0 aliphatic rings. The van der Waals surface area contributed by atoms with Crippen LogP contribution in [0.4, 0.5) is 0 Å². The molecule has 127 valence electrons. The van der Waals surface area contributed by atoms with Crippen LogP contribution in [0.25, 0.3) is 0 Å². The molecular formula is C12H18CuN4O5. The molecule has 0 aromatic carbocycles. The second-order valence-corrected chi connectivity index (χ2v) is 3.96.